The number of aryl methyl sites for hydroxylation is 1. The summed E-state index contributed by atoms with van der Waals surface area (Å²) in [5, 5.41) is 5.69. The van der Waals surface area contributed by atoms with Crippen molar-refractivity contribution in [2.45, 2.75) is 51.0 Å². The molecule has 0 aliphatic heterocycles. The third kappa shape index (κ3) is 4.77. The molecular weight excluding hydrogens is 324 g/mol. The Morgan fingerprint density at radius 1 is 1.29 bits per heavy atom. The second kappa shape index (κ2) is 7.30. The van der Waals surface area contributed by atoms with Gasteiger partial charge in [0.25, 0.3) is 0 Å². The summed E-state index contributed by atoms with van der Waals surface area (Å²) in [6.07, 6.45) is 0. The number of carbonyl (C=O) groups is 1. The van der Waals surface area contributed by atoms with E-state index >= 15 is 0 Å². The average Bonchev–Trinajstić information content (AvgIpc) is 2.91. The highest BCUT2D eigenvalue weighted by atomic mass is 32.2. The van der Waals surface area contributed by atoms with Crippen molar-refractivity contribution in [3.63, 3.8) is 0 Å². The summed E-state index contributed by atoms with van der Waals surface area (Å²) in [5.41, 5.74) is 2.27. The molecule has 24 heavy (non-hydrogen) atoms. The Morgan fingerprint density at radius 2 is 1.92 bits per heavy atom. The van der Waals surface area contributed by atoms with Crippen molar-refractivity contribution < 1.29 is 13.5 Å². The van der Waals surface area contributed by atoms with E-state index in [-0.39, 0.29) is 11.3 Å². The Kier molecular flexibility index (Phi) is 5.59. The van der Waals surface area contributed by atoms with Crippen LogP contribution >= 0.6 is 0 Å². The molecule has 0 saturated heterocycles. The van der Waals surface area contributed by atoms with Crippen LogP contribution in [0.3, 0.4) is 0 Å². The summed E-state index contributed by atoms with van der Waals surface area (Å²) in [6.45, 7) is 9.85. The second-order valence-corrected chi connectivity index (χ2v) is 8.68. The SMILES string of the molecule is Cc1cc(NC(=O)C(C)S(=O)Cc2ccc(C(C)(C)C)cc2)no1. The van der Waals surface area contributed by atoms with Crippen LogP contribution in [0.5, 0.6) is 0 Å². The van der Waals surface area contributed by atoms with E-state index in [1.54, 1.807) is 19.9 Å². The molecule has 1 aromatic carbocycles. The Bertz CT molecular complexity index is 729. The van der Waals surface area contributed by atoms with Crippen LogP contribution in [0.15, 0.2) is 34.9 Å². The van der Waals surface area contributed by atoms with Gasteiger partial charge in [-0.3, -0.25) is 9.00 Å². The zero-order valence-corrected chi connectivity index (χ0v) is 15.6. The van der Waals surface area contributed by atoms with Crippen LogP contribution in [-0.4, -0.2) is 20.5 Å². The van der Waals surface area contributed by atoms with Gasteiger partial charge < -0.3 is 9.84 Å². The van der Waals surface area contributed by atoms with Gasteiger partial charge in [-0.05, 0) is 30.4 Å². The van der Waals surface area contributed by atoms with Gasteiger partial charge in [0.1, 0.15) is 11.0 Å². The molecule has 0 fully saturated rings. The van der Waals surface area contributed by atoms with E-state index in [1.807, 2.05) is 12.1 Å². The molecule has 0 bridgehead atoms. The molecule has 6 heteroatoms. The van der Waals surface area contributed by atoms with Crippen LogP contribution in [0.1, 0.15) is 44.6 Å². The maximum atomic E-state index is 12.4. The minimum absolute atomic E-state index is 0.0839. The number of hydrogen-bond acceptors (Lipinski definition) is 4. The van der Waals surface area contributed by atoms with Gasteiger partial charge in [-0.1, -0.05) is 50.2 Å². The maximum Gasteiger partial charge on any atom is 0.241 e. The van der Waals surface area contributed by atoms with Gasteiger partial charge in [-0.15, -0.1) is 0 Å². The first-order valence-corrected chi connectivity index (χ1v) is 9.26. The highest BCUT2D eigenvalue weighted by molar-refractivity contribution is 7.85. The fraction of sp³-hybridized carbons (Fsp3) is 0.444. The third-order valence-electron chi connectivity index (χ3n) is 3.77. The largest absolute Gasteiger partial charge is 0.360 e. The lowest BCUT2D eigenvalue weighted by Gasteiger charge is -2.19. The molecule has 0 aliphatic rings. The molecular formula is C18H24N2O3S. The topological polar surface area (TPSA) is 72.2 Å². The predicted molar refractivity (Wildman–Crippen MR) is 96.3 cm³/mol. The van der Waals surface area contributed by atoms with E-state index in [4.69, 9.17) is 4.52 Å². The normalized spacial score (nSPS) is 14.2. The van der Waals surface area contributed by atoms with E-state index in [0.717, 1.165) is 5.56 Å². The standard InChI is InChI=1S/C18H24N2O3S/c1-12-10-16(20-23-12)19-17(21)13(2)24(22)11-14-6-8-15(9-7-14)18(3,4)5/h6-10,13H,11H2,1-5H3,(H,19,20,21). The fourth-order valence-electron chi connectivity index (χ4n) is 2.16. The molecule has 2 rings (SSSR count). The van der Waals surface area contributed by atoms with Crippen molar-refractivity contribution >= 4 is 22.5 Å². The Labute approximate surface area is 145 Å². The minimum Gasteiger partial charge on any atom is -0.360 e. The van der Waals surface area contributed by atoms with Crippen LogP contribution < -0.4 is 5.32 Å². The Hall–Kier alpha value is -1.95. The van der Waals surface area contributed by atoms with E-state index in [0.29, 0.717) is 17.3 Å². The van der Waals surface area contributed by atoms with Crippen molar-refractivity contribution in [2.24, 2.45) is 0 Å². The quantitative estimate of drug-likeness (QED) is 0.897. The van der Waals surface area contributed by atoms with Crippen LogP contribution in [0.2, 0.25) is 0 Å². The van der Waals surface area contributed by atoms with Crippen molar-refractivity contribution in [3.05, 3.63) is 47.2 Å². The first-order valence-electron chi connectivity index (χ1n) is 7.87. The molecule has 5 nitrogen and oxygen atoms in total. The minimum atomic E-state index is -1.31. The monoisotopic (exact) mass is 348 g/mol. The third-order valence-corrected chi connectivity index (χ3v) is 5.39. The van der Waals surface area contributed by atoms with E-state index in [1.165, 1.54) is 5.56 Å². The second-order valence-electron chi connectivity index (χ2n) is 6.93. The zero-order valence-electron chi connectivity index (χ0n) is 14.8. The molecule has 1 aromatic heterocycles. The molecule has 1 N–H and O–H groups in total. The lowest BCUT2D eigenvalue weighted by Crippen LogP contribution is -2.29. The molecule has 130 valence electrons. The molecule has 0 spiro atoms. The van der Waals surface area contributed by atoms with Crippen LogP contribution in [0.25, 0.3) is 0 Å². The summed E-state index contributed by atoms with van der Waals surface area (Å²) in [6, 6.07) is 9.68. The number of aromatic nitrogens is 1. The number of nitrogens with zero attached hydrogens (tertiary/aromatic N) is 1. The smallest absolute Gasteiger partial charge is 0.241 e. The van der Waals surface area contributed by atoms with Crippen LogP contribution in [-0.2, 0) is 26.8 Å². The molecule has 0 aliphatic carbocycles. The molecule has 0 radical (unpaired) electrons. The van der Waals surface area contributed by atoms with Crippen LogP contribution in [0, 0.1) is 6.92 Å². The van der Waals surface area contributed by atoms with Gasteiger partial charge in [0.2, 0.25) is 5.91 Å². The highest BCUT2D eigenvalue weighted by Crippen LogP contribution is 2.22. The lowest BCUT2D eigenvalue weighted by atomic mass is 9.87. The number of benzene rings is 1. The summed E-state index contributed by atoms with van der Waals surface area (Å²) in [4.78, 5) is 12.2. The molecule has 2 unspecified atom stereocenters. The molecule has 0 saturated carbocycles. The number of anilines is 1. The van der Waals surface area contributed by atoms with Crippen LogP contribution in [0.4, 0.5) is 5.82 Å². The number of hydrogen-bond donors (Lipinski definition) is 1. The van der Waals surface area contributed by atoms with Gasteiger partial charge in [-0.25, -0.2) is 0 Å². The first-order chi connectivity index (χ1) is 11.2. The molecule has 1 amide bonds. The predicted octanol–water partition coefficient (Wildman–Crippen LogP) is 3.56. The van der Waals surface area contributed by atoms with Crippen molar-refractivity contribution in [2.75, 3.05) is 5.32 Å². The maximum absolute atomic E-state index is 12.4. The average molecular weight is 348 g/mol. The Balaban J connectivity index is 1.97. The number of rotatable bonds is 5. The van der Waals surface area contributed by atoms with E-state index < -0.39 is 16.0 Å². The van der Waals surface area contributed by atoms with Gasteiger partial charge in [0, 0.05) is 22.6 Å². The van der Waals surface area contributed by atoms with Gasteiger partial charge >= 0.3 is 0 Å². The van der Waals surface area contributed by atoms with E-state index in [2.05, 4.69) is 43.4 Å². The van der Waals surface area contributed by atoms with Crippen molar-refractivity contribution in [1.29, 1.82) is 0 Å². The number of carbonyl (C=O) groups excluding carboxylic acids is 1. The summed E-state index contributed by atoms with van der Waals surface area (Å²) < 4.78 is 17.3. The molecule has 2 aromatic rings. The summed E-state index contributed by atoms with van der Waals surface area (Å²) in [7, 11) is -1.31. The van der Waals surface area contributed by atoms with Gasteiger partial charge in [-0.2, -0.15) is 0 Å². The number of amides is 1. The first kappa shape index (κ1) is 18.4. The summed E-state index contributed by atoms with van der Waals surface area (Å²) >= 11 is 0. The van der Waals surface area contributed by atoms with E-state index in [9.17, 15) is 9.00 Å². The summed E-state index contributed by atoms with van der Waals surface area (Å²) in [5.74, 6) is 0.971. The Morgan fingerprint density at radius 3 is 2.42 bits per heavy atom. The highest BCUT2D eigenvalue weighted by Gasteiger charge is 2.21. The molecule has 1 heterocycles. The van der Waals surface area contributed by atoms with Gasteiger partial charge in [0.05, 0.1) is 0 Å². The van der Waals surface area contributed by atoms with Crippen molar-refractivity contribution in [3.8, 4) is 0 Å². The zero-order chi connectivity index (χ0) is 17.9. The van der Waals surface area contributed by atoms with Crippen molar-refractivity contribution in [1.82, 2.24) is 5.16 Å². The lowest BCUT2D eigenvalue weighted by molar-refractivity contribution is -0.115. The fourth-order valence-corrected chi connectivity index (χ4v) is 3.23. The molecule has 2 atom stereocenters. The number of nitrogens with one attached hydrogen (secondary N) is 1. The van der Waals surface area contributed by atoms with Gasteiger partial charge in [0.15, 0.2) is 5.82 Å².